The first-order valence-corrected chi connectivity index (χ1v) is 22.2. The molecule has 0 spiro atoms. The van der Waals surface area contributed by atoms with Crippen LogP contribution in [0.1, 0.15) is 0 Å². The van der Waals surface area contributed by atoms with Crippen molar-refractivity contribution in [3.63, 3.8) is 0 Å². The van der Waals surface area contributed by atoms with Crippen LogP contribution in [0.2, 0.25) is 0 Å². The van der Waals surface area contributed by atoms with Crippen LogP contribution in [0.3, 0.4) is 0 Å². The minimum atomic E-state index is 0.621. The van der Waals surface area contributed by atoms with Crippen LogP contribution < -0.4 is 0 Å². The Morgan fingerprint density at radius 2 is 0.891 bits per heavy atom. The normalized spacial score (nSPS) is 11.8. The lowest BCUT2D eigenvalue weighted by atomic mass is 9.94. The summed E-state index contributed by atoms with van der Waals surface area (Å²) in [7, 11) is 0. The minimum absolute atomic E-state index is 0.621. The molecule has 0 aliphatic heterocycles. The van der Waals surface area contributed by atoms with Gasteiger partial charge in [-0.05, 0) is 47.0 Å². The van der Waals surface area contributed by atoms with E-state index in [0.29, 0.717) is 17.5 Å². The Bertz CT molecular complexity index is 3880. The third-order valence-corrected chi connectivity index (χ3v) is 13.5. The fraction of sp³-hybridized carbons (Fsp3) is 0. The summed E-state index contributed by atoms with van der Waals surface area (Å²) in [6.07, 6.45) is 0. The number of benzene rings is 9. The Balaban J connectivity index is 0.902. The van der Waals surface area contributed by atoms with Crippen molar-refractivity contribution in [3.05, 3.63) is 206 Å². The molecular formula is C58H34N4OS. The average molecular weight is 835 g/mol. The number of thiophene rings is 1. The molecule has 4 heterocycles. The van der Waals surface area contributed by atoms with Gasteiger partial charge in [0.1, 0.15) is 11.2 Å². The standard InChI is InChI=1S/C58H34N4OS/c1-4-13-36(14-5-1)54-46-30-32-51-53(45-19-10-11-22-50(45)64-51)52(46)44-29-27-41(34-48(44)59-54)40-28-31-49-47(33-40)43-21-12-20-42(55(43)63-49)35-23-25-39(26-24-35)58-61-56(37-15-6-2-7-16-37)60-57(62-58)38-17-8-3-9-18-38/h1-34H. The van der Waals surface area contributed by atoms with E-state index in [1.54, 1.807) is 0 Å². The molecule has 0 atom stereocenters. The maximum absolute atomic E-state index is 6.68. The van der Waals surface area contributed by atoms with Gasteiger partial charge in [-0.3, -0.25) is 0 Å². The van der Waals surface area contributed by atoms with Crippen LogP contribution in [-0.4, -0.2) is 19.9 Å². The highest BCUT2D eigenvalue weighted by Crippen LogP contribution is 2.44. The summed E-state index contributed by atoms with van der Waals surface area (Å²) < 4.78 is 9.26. The first-order chi connectivity index (χ1) is 31.7. The quantitative estimate of drug-likeness (QED) is 0.156. The number of aromatic nitrogens is 4. The molecule has 4 aromatic heterocycles. The number of furan rings is 1. The number of hydrogen-bond donors (Lipinski definition) is 0. The summed E-state index contributed by atoms with van der Waals surface area (Å²) in [6.45, 7) is 0. The highest BCUT2D eigenvalue weighted by atomic mass is 32.1. The lowest BCUT2D eigenvalue weighted by Gasteiger charge is -2.13. The van der Waals surface area contributed by atoms with Crippen LogP contribution in [0.4, 0.5) is 0 Å². The molecule has 0 N–H and O–H groups in total. The van der Waals surface area contributed by atoms with E-state index in [9.17, 15) is 0 Å². The van der Waals surface area contributed by atoms with Gasteiger partial charge in [0.25, 0.3) is 0 Å². The molecule has 0 radical (unpaired) electrons. The molecule has 64 heavy (non-hydrogen) atoms. The number of pyridine rings is 1. The zero-order valence-corrected chi connectivity index (χ0v) is 35.1. The second kappa shape index (κ2) is 14.7. The van der Waals surface area contributed by atoms with E-state index in [1.807, 2.05) is 72.0 Å². The zero-order valence-electron chi connectivity index (χ0n) is 34.2. The van der Waals surface area contributed by atoms with Crippen molar-refractivity contribution < 1.29 is 4.42 Å². The lowest BCUT2D eigenvalue weighted by molar-refractivity contribution is 0.670. The van der Waals surface area contributed by atoms with Gasteiger partial charge in [-0.25, -0.2) is 19.9 Å². The third kappa shape index (κ3) is 5.99. The van der Waals surface area contributed by atoms with Gasteiger partial charge < -0.3 is 4.42 Å². The molecule has 0 saturated heterocycles. The van der Waals surface area contributed by atoms with Crippen molar-refractivity contribution in [2.45, 2.75) is 0 Å². The van der Waals surface area contributed by atoms with Gasteiger partial charge in [0.15, 0.2) is 17.5 Å². The van der Waals surface area contributed by atoms with Gasteiger partial charge in [-0.1, -0.05) is 176 Å². The van der Waals surface area contributed by atoms with Crippen LogP contribution in [-0.2, 0) is 0 Å². The molecule has 298 valence electrons. The van der Waals surface area contributed by atoms with E-state index < -0.39 is 0 Å². The fourth-order valence-electron chi connectivity index (χ4n) is 9.25. The summed E-state index contributed by atoms with van der Waals surface area (Å²) in [5.41, 5.74) is 11.8. The van der Waals surface area contributed by atoms with Crippen molar-refractivity contribution in [1.29, 1.82) is 0 Å². The van der Waals surface area contributed by atoms with E-state index in [2.05, 4.69) is 146 Å². The first-order valence-electron chi connectivity index (χ1n) is 21.4. The second-order valence-electron chi connectivity index (χ2n) is 16.1. The molecule has 0 amide bonds. The van der Waals surface area contributed by atoms with Crippen LogP contribution >= 0.6 is 11.3 Å². The number of hydrogen-bond acceptors (Lipinski definition) is 6. The molecule has 0 unspecified atom stereocenters. The van der Waals surface area contributed by atoms with Gasteiger partial charge >= 0.3 is 0 Å². The highest BCUT2D eigenvalue weighted by molar-refractivity contribution is 7.26. The second-order valence-corrected chi connectivity index (χ2v) is 17.2. The Morgan fingerprint density at radius 3 is 1.61 bits per heavy atom. The van der Waals surface area contributed by atoms with E-state index >= 15 is 0 Å². The van der Waals surface area contributed by atoms with Gasteiger partial charge in [0.2, 0.25) is 0 Å². The Morgan fingerprint density at radius 1 is 0.328 bits per heavy atom. The maximum atomic E-state index is 6.68. The predicted octanol–water partition coefficient (Wildman–Crippen LogP) is 15.8. The molecule has 5 nitrogen and oxygen atoms in total. The topological polar surface area (TPSA) is 64.7 Å². The highest BCUT2D eigenvalue weighted by Gasteiger charge is 2.19. The minimum Gasteiger partial charge on any atom is -0.455 e. The van der Waals surface area contributed by atoms with Crippen LogP contribution in [0.25, 0.3) is 131 Å². The van der Waals surface area contributed by atoms with Crippen molar-refractivity contribution >= 4 is 75.1 Å². The van der Waals surface area contributed by atoms with Crippen molar-refractivity contribution in [3.8, 4) is 67.7 Å². The molecule has 9 aromatic carbocycles. The predicted molar refractivity (Wildman–Crippen MR) is 265 cm³/mol. The lowest BCUT2D eigenvalue weighted by Crippen LogP contribution is -2.00. The molecule has 13 aromatic rings. The van der Waals surface area contributed by atoms with Crippen LogP contribution in [0, 0.1) is 0 Å². The van der Waals surface area contributed by atoms with Gasteiger partial charge in [-0.15, -0.1) is 11.3 Å². The van der Waals surface area contributed by atoms with Crippen LogP contribution in [0.15, 0.2) is 211 Å². The summed E-state index contributed by atoms with van der Waals surface area (Å²) in [6, 6.07) is 72.0. The average Bonchev–Trinajstić information content (AvgIpc) is 3.95. The molecular weight excluding hydrogens is 801 g/mol. The van der Waals surface area contributed by atoms with E-state index in [1.165, 1.54) is 30.9 Å². The van der Waals surface area contributed by atoms with Gasteiger partial charge in [-0.2, -0.15) is 0 Å². The van der Waals surface area contributed by atoms with Crippen LogP contribution in [0.5, 0.6) is 0 Å². The number of rotatable bonds is 6. The Labute approximate surface area is 371 Å². The maximum Gasteiger partial charge on any atom is 0.164 e. The molecule has 0 saturated carbocycles. The van der Waals surface area contributed by atoms with Crippen molar-refractivity contribution in [1.82, 2.24) is 19.9 Å². The molecule has 0 bridgehead atoms. The molecule has 13 rings (SSSR count). The van der Waals surface area contributed by atoms with E-state index in [4.69, 9.17) is 24.4 Å². The van der Waals surface area contributed by atoms with Crippen molar-refractivity contribution in [2.24, 2.45) is 0 Å². The number of fused-ring (bicyclic) bond motifs is 10. The SMILES string of the molecule is c1ccc(-c2nc(-c3ccccc3)nc(-c3ccc(-c4cccc5c4oc4ccc(-c6ccc7c(c6)nc(-c6ccccc6)c6ccc8sc9ccccc9c8c67)cc45)cc3)n2)cc1. The smallest absolute Gasteiger partial charge is 0.164 e. The Hall–Kier alpha value is -8.32. The third-order valence-electron chi connectivity index (χ3n) is 12.3. The monoisotopic (exact) mass is 834 g/mol. The summed E-state index contributed by atoms with van der Waals surface area (Å²) in [5.74, 6) is 1.90. The molecule has 6 heteroatoms. The van der Waals surface area contributed by atoms with E-state index in [-0.39, 0.29) is 0 Å². The Kier molecular flexibility index (Phi) is 8.32. The summed E-state index contributed by atoms with van der Waals surface area (Å²) in [5, 5.41) is 8.30. The molecule has 0 aliphatic rings. The number of para-hydroxylation sites is 1. The fourth-order valence-corrected chi connectivity index (χ4v) is 10.4. The molecule has 0 aliphatic carbocycles. The molecule has 0 fully saturated rings. The zero-order chi connectivity index (χ0) is 42.1. The van der Waals surface area contributed by atoms with Crippen molar-refractivity contribution in [2.75, 3.05) is 0 Å². The summed E-state index contributed by atoms with van der Waals surface area (Å²) in [4.78, 5) is 20.2. The largest absolute Gasteiger partial charge is 0.455 e. The van der Waals surface area contributed by atoms with Gasteiger partial charge in [0, 0.05) is 74.9 Å². The van der Waals surface area contributed by atoms with E-state index in [0.717, 1.165) is 83.0 Å². The summed E-state index contributed by atoms with van der Waals surface area (Å²) >= 11 is 1.85. The first kappa shape index (κ1) is 36.3. The number of nitrogens with zero attached hydrogens (tertiary/aromatic N) is 4. The van der Waals surface area contributed by atoms with Gasteiger partial charge in [0.05, 0.1) is 11.2 Å².